The zero-order chi connectivity index (χ0) is 19.9. The Labute approximate surface area is 163 Å². The first-order valence-electron chi connectivity index (χ1n) is 9.38. The van der Waals surface area contributed by atoms with Crippen molar-refractivity contribution in [1.82, 2.24) is 15.6 Å². The molecule has 2 amide bonds. The number of rotatable bonds is 5. The van der Waals surface area contributed by atoms with Gasteiger partial charge in [-0.15, -0.1) is 0 Å². The zero-order valence-electron chi connectivity index (χ0n) is 15.8. The van der Waals surface area contributed by atoms with Crippen molar-refractivity contribution in [3.8, 4) is 22.9 Å². The van der Waals surface area contributed by atoms with E-state index in [9.17, 15) is 14.4 Å². The predicted octanol–water partition coefficient (Wildman–Crippen LogP) is 3.90. The maximum absolute atomic E-state index is 13.5. The second kappa shape index (κ2) is 9.18. The van der Waals surface area contributed by atoms with Gasteiger partial charge >= 0.3 is 6.03 Å². The van der Waals surface area contributed by atoms with Crippen molar-refractivity contribution in [1.29, 1.82) is 5.26 Å². The molecule has 1 heterocycles. The predicted molar refractivity (Wildman–Crippen MR) is 103 cm³/mol. The van der Waals surface area contributed by atoms with Gasteiger partial charge in [-0.25, -0.2) is 9.18 Å². The number of carbonyl (C=O) groups is 1. The summed E-state index contributed by atoms with van der Waals surface area (Å²) < 4.78 is 18.8. The second-order valence-electron chi connectivity index (χ2n) is 6.84. The first-order chi connectivity index (χ1) is 13.6. The van der Waals surface area contributed by atoms with Crippen molar-refractivity contribution in [2.75, 3.05) is 7.11 Å². The Balaban J connectivity index is 1.74. The van der Waals surface area contributed by atoms with Crippen LogP contribution in [-0.4, -0.2) is 24.2 Å². The van der Waals surface area contributed by atoms with E-state index in [0.29, 0.717) is 28.1 Å². The molecule has 0 aliphatic heterocycles. The van der Waals surface area contributed by atoms with E-state index in [1.54, 1.807) is 12.1 Å². The minimum absolute atomic E-state index is 0.223. The second-order valence-corrected chi connectivity index (χ2v) is 6.84. The summed E-state index contributed by atoms with van der Waals surface area (Å²) in [6, 6.07) is 7.96. The molecule has 2 N–H and O–H groups in total. The van der Waals surface area contributed by atoms with Crippen LogP contribution in [0.3, 0.4) is 0 Å². The minimum Gasteiger partial charge on any atom is -0.496 e. The van der Waals surface area contributed by atoms with Crippen LogP contribution in [0.1, 0.15) is 43.4 Å². The fourth-order valence-corrected chi connectivity index (χ4v) is 3.45. The average Bonchev–Trinajstić information content (AvgIpc) is 2.72. The number of halogens is 1. The fourth-order valence-electron chi connectivity index (χ4n) is 3.45. The van der Waals surface area contributed by atoms with Gasteiger partial charge in [-0.2, -0.15) is 5.26 Å². The highest BCUT2D eigenvalue weighted by Gasteiger charge is 2.16. The van der Waals surface area contributed by atoms with Gasteiger partial charge in [-0.3, -0.25) is 4.98 Å². The SMILES string of the molecule is COc1cc(F)ccc1-c1cc(CNC(=O)NC2CCCCC2)ncc1C#N. The van der Waals surface area contributed by atoms with Crippen LogP contribution in [-0.2, 0) is 6.54 Å². The Morgan fingerprint density at radius 2 is 2.07 bits per heavy atom. The maximum Gasteiger partial charge on any atom is 0.315 e. The van der Waals surface area contributed by atoms with E-state index < -0.39 is 5.82 Å². The van der Waals surface area contributed by atoms with Gasteiger partial charge < -0.3 is 15.4 Å². The van der Waals surface area contributed by atoms with E-state index >= 15 is 0 Å². The molecular weight excluding hydrogens is 359 g/mol. The molecule has 0 unspecified atom stereocenters. The van der Waals surface area contributed by atoms with E-state index in [-0.39, 0.29) is 18.6 Å². The molecule has 0 spiro atoms. The molecule has 146 valence electrons. The molecule has 1 aromatic heterocycles. The molecule has 1 aliphatic carbocycles. The third kappa shape index (κ3) is 4.77. The van der Waals surface area contributed by atoms with Crippen LogP contribution < -0.4 is 15.4 Å². The number of nitrogens with one attached hydrogen (secondary N) is 2. The lowest BCUT2D eigenvalue weighted by molar-refractivity contribution is 0.232. The molecule has 28 heavy (non-hydrogen) atoms. The molecule has 0 radical (unpaired) electrons. The standard InChI is InChI=1S/C21H23FN4O2/c1-28-20-9-15(22)7-8-18(20)19-10-17(24-12-14(19)11-23)13-25-21(27)26-16-5-3-2-4-6-16/h7-10,12,16H,2-6,13H2,1H3,(H2,25,26,27). The number of hydrogen-bond donors (Lipinski definition) is 2. The molecule has 2 aromatic rings. The molecule has 0 bridgehead atoms. The molecule has 3 rings (SSSR count). The van der Waals surface area contributed by atoms with Crippen LogP contribution in [0, 0.1) is 17.1 Å². The van der Waals surface area contributed by atoms with Crippen LogP contribution in [0.2, 0.25) is 0 Å². The van der Waals surface area contributed by atoms with Gasteiger partial charge in [-0.05, 0) is 31.0 Å². The summed E-state index contributed by atoms with van der Waals surface area (Å²) in [5, 5.41) is 15.2. The highest BCUT2D eigenvalue weighted by Crippen LogP contribution is 2.33. The lowest BCUT2D eigenvalue weighted by Gasteiger charge is -2.22. The fraction of sp³-hybridized carbons (Fsp3) is 0.381. The van der Waals surface area contributed by atoms with E-state index in [1.807, 2.05) is 0 Å². The number of nitriles is 1. The highest BCUT2D eigenvalue weighted by atomic mass is 19.1. The summed E-state index contributed by atoms with van der Waals surface area (Å²) in [5.74, 6) is -0.0916. The topological polar surface area (TPSA) is 87.0 Å². The summed E-state index contributed by atoms with van der Waals surface area (Å²) in [7, 11) is 1.45. The van der Waals surface area contributed by atoms with Crippen LogP contribution in [0.5, 0.6) is 5.75 Å². The van der Waals surface area contributed by atoms with E-state index in [4.69, 9.17) is 4.74 Å². The summed E-state index contributed by atoms with van der Waals surface area (Å²) in [6.45, 7) is 0.223. The van der Waals surface area contributed by atoms with Crippen molar-refractivity contribution < 1.29 is 13.9 Å². The lowest BCUT2D eigenvalue weighted by atomic mass is 9.96. The van der Waals surface area contributed by atoms with Crippen molar-refractivity contribution in [3.63, 3.8) is 0 Å². The van der Waals surface area contributed by atoms with Gasteiger partial charge in [-0.1, -0.05) is 19.3 Å². The quantitative estimate of drug-likeness (QED) is 0.821. The number of urea groups is 1. The Bertz CT molecular complexity index is 888. The van der Waals surface area contributed by atoms with Crippen molar-refractivity contribution in [3.05, 3.63) is 47.5 Å². The normalized spacial score (nSPS) is 14.2. The summed E-state index contributed by atoms with van der Waals surface area (Å²) >= 11 is 0. The van der Waals surface area contributed by atoms with Crippen LogP contribution in [0.15, 0.2) is 30.5 Å². The molecular formula is C21H23FN4O2. The van der Waals surface area contributed by atoms with Gasteiger partial charge in [0.1, 0.15) is 17.6 Å². The summed E-state index contributed by atoms with van der Waals surface area (Å²) in [4.78, 5) is 16.4. The molecule has 1 aliphatic rings. The highest BCUT2D eigenvalue weighted by molar-refractivity contribution is 5.76. The number of benzene rings is 1. The third-order valence-electron chi connectivity index (χ3n) is 4.91. The largest absolute Gasteiger partial charge is 0.496 e. The first-order valence-corrected chi connectivity index (χ1v) is 9.38. The van der Waals surface area contributed by atoms with Gasteiger partial charge in [0, 0.05) is 29.4 Å². The van der Waals surface area contributed by atoms with Crippen LogP contribution in [0.4, 0.5) is 9.18 Å². The number of hydrogen-bond acceptors (Lipinski definition) is 4. The van der Waals surface area contributed by atoms with Crippen molar-refractivity contribution >= 4 is 6.03 Å². The summed E-state index contributed by atoms with van der Waals surface area (Å²) in [6.07, 6.45) is 6.99. The van der Waals surface area contributed by atoms with Crippen molar-refractivity contribution in [2.45, 2.75) is 44.7 Å². The molecule has 1 saturated carbocycles. The monoisotopic (exact) mass is 382 g/mol. The number of aromatic nitrogens is 1. The Morgan fingerprint density at radius 3 is 2.79 bits per heavy atom. The number of pyridine rings is 1. The zero-order valence-corrected chi connectivity index (χ0v) is 15.8. The number of nitrogens with zero attached hydrogens (tertiary/aromatic N) is 2. The number of amides is 2. The smallest absolute Gasteiger partial charge is 0.315 e. The van der Waals surface area contributed by atoms with Crippen molar-refractivity contribution in [2.24, 2.45) is 0 Å². The molecule has 1 fully saturated rings. The summed E-state index contributed by atoms with van der Waals surface area (Å²) in [5.41, 5.74) is 2.12. The Morgan fingerprint density at radius 1 is 1.29 bits per heavy atom. The Kier molecular flexibility index (Phi) is 6.43. The van der Waals surface area contributed by atoms with Gasteiger partial charge in [0.25, 0.3) is 0 Å². The molecule has 0 atom stereocenters. The Hall–Kier alpha value is -3.14. The molecule has 7 heteroatoms. The third-order valence-corrected chi connectivity index (χ3v) is 4.91. The van der Waals surface area contributed by atoms with Gasteiger partial charge in [0.15, 0.2) is 0 Å². The van der Waals surface area contributed by atoms with E-state index in [0.717, 1.165) is 25.7 Å². The van der Waals surface area contributed by atoms with Crippen LogP contribution >= 0.6 is 0 Å². The average molecular weight is 382 g/mol. The van der Waals surface area contributed by atoms with Crippen LogP contribution in [0.25, 0.3) is 11.1 Å². The van der Waals surface area contributed by atoms with E-state index in [1.165, 1.54) is 31.9 Å². The van der Waals surface area contributed by atoms with Gasteiger partial charge in [0.2, 0.25) is 0 Å². The number of carbonyl (C=O) groups excluding carboxylic acids is 1. The molecule has 6 nitrogen and oxygen atoms in total. The first kappa shape index (κ1) is 19.6. The molecule has 0 saturated heterocycles. The maximum atomic E-state index is 13.5. The van der Waals surface area contributed by atoms with Gasteiger partial charge in [0.05, 0.1) is 24.9 Å². The lowest BCUT2D eigenvalue weighted by Crippen LogP contribution is -2.42. The van der Waals surface area contributed by atoms with E-state index in [2.05, 4.69) is 21.7 Å². The molecule has 1 aromatic carbocycles. The minimum atomic E-state index is -0.422. The number of ether oxygens (including phenoxy) is 1. The number of methoxy groups -OCH3 is 1.